The minimum Gasteiger partial charge on any atom is -0.361 e. The standard InChI is InChI=1S/C10H14N6O/c1-7-8(6-12-17-7)9-13-10(15-14-9)16-4-2-11-3-5-16/h6,11H,2-5H2,1H3,(H,13,14,15). The maximum absolute atomic E-state index is 5.01. The third-order valence-electron chi connectivity index (χ3n) is 2.88. The Morgan fingerprint density at radius 1 is 1.35 bits per heavy atom. The van der Waals surface area contributed by atoms with Crippen LogP contribution in [0.15, 0.2) is 10.7 Å². The van der Waals surface area contributed by atoms with Gasteiger partial charge in [-0.15, -0.1) is 5.10 Å². The summed E-state index contributed by atoms with van der Waals surface area (Å²) >= 11 is 0. The maximum atomic E-state index is 5.01. The van der Waals surface area contributed by atoms with Crippen molar-refractivity contribution < 1.29 is 4.52 Å². The van der Waals surface area contributed by atoms with Crippen molar-refractivity contribution in [2.24, 2.45) is 0 Å². The quantitative estimate of drug-likeness (QED) is 0.771. The summed E-state index contributed by atoms with van der Waals surface area (Å²) < 4.78 is 5.01. The van der Waals surface area contributed by atoms with Crippen molar-refractivity contribution in [2.75, 3.05) is 31.1 Å². The number of rotatable bonds is 2. The normalized spacial score (nSPS) is 16.4. The topological polar surface area (TPSA) is 82.9 Å². The molecule has 1 aliphatic heterocycles. The van der Waals surface area contributed by atoms with E-state index in [1.807, 2.05) is 6.92 Å². The van der Waals surface area contributed by atoms with E-state index in [0.29, 0.717) is 5.82 Å². The van der Waals surface area contributed by atoms with E-state index in [-0.39, 0.29) is 0 Å². The summed E-state index contributed by atoms with van der Waals surface area (Å²) in [6, 6.07) is 0. The summed E-state index contributed by atoms with van der Waals surface area (Å²) in [4.78, 5) is 6.62. The first-order valence-corrected chi connectivity index (χ1v) is 5.64. The molecule has 0 radical (unpaired) electrons. The van der Waals surface area contributed by atoms with Crippen molar-refractivity contribution in [3.8, 4) is 11.4 Å². The zero-order valence-corrected chi connectivity index (χ0v) is 9.60. The molecule has 0 bridgehead atoms. The Hall–Kier alpha value is -1.89. The molecule has 17 heavy (non-hydrogen) atoms. The molecule has 1 aliphatic rings. The molecule has 2 aromatic rings. The first-order valence-electron chi connectivity index (χ1n) is 5.64. The number of hydrogen-bond donors (Lipinski definition) is 2. The molecule has 0 aliphatic carbocycles. The van der Waals surface area contributed by atoms with E-state index in [2.05, 4.69) is 30.6 Å². The van der Waals surface area contributed by atoms with Gasteiger partial charge in [-0.05, 0) is 6.92 Å². The first-order chi connectivity index (χ1) is 8.34. The van der Waals surface area contributed by atoms with Crippen LogP contribution in [0.2, 0.25) is 0 Å². The molecule has 1 saturated heterocycles. The van der Waals surface area contributed by atoms with E-state index in [0.717, 1.165) is 43.5 Å². The SMILES string of the molecule is Cc1oncc1-c1nc(N2CCNCC2)n[nH]1. The number of anilines is 1. The average molecular weight is 234 g/mol. The van der Waals surface area contributed by atoms with Crippen LogP contribution in [0.1, 0.15) is 5.76 Å². The van der Waals surface area contributed by atoms with Gasteiger partial charge < -0.3 is 14.7 Å². The van der Waals surface area contributed by atoms with E-state index < -0.39 is 0 Å². The molecule has 0 amide bonds. The Labute approximate surface area is 98.2 Å². The lowest BCUT2D eigenvalue weighted by Crippen LogP contribution is -2.44. The third-order valence-corrected chi connectivity index (χ3v) is 2.88. The molecule has 7 nitrogen and oxygen atoms in total. The van der Waals surface area contributed by atoms with Gasteiger partial charge >= 0.3 is 0 Å². The van der Waals surface area contributed by atoms with Gasteiger partial charge in [0.05, 0.1) is 11.8 Å². The van der Waals surface area contributed by atoms with Crippen LogP contribution in [0.25, 0.3) is 11.4 Å². The molecule has 0 unspecified atom stereocenters. The molecule has 0 atom stereocenters. The number of piperazine rings is 1. The molecule has 3 rings (SSSR count). The van der Waals surface area contributed by atoms with Crippen molar-refractivity contribution in [3.63, 3.8) is 0 Å². The third kappa shape index (κ3) is 1.89. The second-order valence-corrected chi connectivity index (χ2v) is 4.02. The Bertz CT molecular complexity index is 498. The monoisotopic (exact) mass is 234 g/mol. The minimum atomic E-state index is 0.706. The lowest BCUT2D eigenvalue weighted by atomic mass is 10.3. The zero-order valence-electron chi connectivity index (χ0n) is 9.60. The summed E-state index contributed by atoms with van der Waals surface area (Å²) in [5.41, 5.74) is 0.860. The smallest absolute Gasteiger partial charge is 0.245 e. The van der Waals surface area contributed by atoms with Gasteiger partial charge in [-0.1, -0.05) is 5.16 Å². The first kappa shape index (κ1) is 10.3. The van der Waals surface area contributed by atoms with Crippen LogP contribution < -0.4 is 10.2 Å². The van der Waals surface area contributed by atoms with Gasteiger partial charge in [-0.3, -0.25) is 5.10 Å². The molecule has 2 N–H and O–H groups in total. The molecule has 2 aromatic heterocycles. The minimum absolute atomic E-state index is 0.706. The molecule has 1 fully saturated rings. The van der Waals surface area contributed by atoms with Crippen molar-refractivity contribution >= 4 is 5.95 Å². The number of hydrogen-bond acceptors (Lipinski definition) is 6. The van der Waals surface area contributed by atoms with E-state index in [1.54, 1.807) is 6.20 Å². The van der Waals surface area contributed by atoms with Crippen molar-refractivity contribution in [3.05, 3.63) is 12.0 Å². The van der Waals surface area contributed by atoms with Crippen molar-refractivity contribution in [1.82, 2.24) is 25.7 Å². The molecular weight excluding hydrogens is 220 g/mol. The van der Waals surface area contributed by atoms with Gasteiger partial charge in [0.2, 0.25) is 5.95 Å². The van der Waals surface area contributed by atoms with E-state index in [4.69, 9.17) is 4.52 Å². The van der Waals surface area contributed by atoms with Crippen LogP contribution in [-0.2, 0) is 0 Å². The van der Waals surface area contributed by atoms with Gasteiger partial charge in [0.1, 0.15) is 5.76 Å². The summed E-state index contributed by atoms with van der Waals surface area (Å²) in [6.45, 7) is 5.65. The molecular formula is C10H14N6O. The van der Waals surface area contributed by atoms with Crippen LogP contribution in [0.5, 0.6) is 0 Å². The fraction of sp³-hybridized carbons (Fsp3) is 0.500. The Morgan fingerprint density at radius 3 is 2.88 bits per heavy atom. The molecule has 0 spiro atoms. The number of nitrogens with one attached hydrogen (secondary N) is 2. The highest BCUT2D eigenvalue weighted by Crippen LogP contribution is 2.20. The van der Waals surface area contributed by atoms with E-state index in [1.165, 1.54) is 0 Å². The van der Waals surface area contributed by atoms with Crippen LogP contribution >= 0.6 is 0 Å². The summed E-state index contributed by atoms with van der Waals surface area (Å²) in [5.74, 6) is 2.19. The second kappa shape index (κ2) is 4.17. The van der Waals surface area contributed by atoms with Crippen LogP contribution in [0, 0.1) is 6.92 Å². The fourth-order valence-corrected chi connectivity index (χ4v) is 1.91. The summed E-state index contributed by atoms with van der Waals surface area (Å²) in [6.07, 6.45) is 1.65. The summed E-state index contributed by atoms with van der Waals surface area (Å²) in [5, 5.41) is 14.2. The Balaban J connectivity index is 1.85. The van der Waals surface area contributed by atoms with Crippen LogP contribution in [-0.4, -0.2) is 46.5 Å². The van der Waals surface area contributed by atoms with Gasteiger partial charge in [0, 0.05) is 26.2 Å². The number of H-pyrrole nitrogens is 1. The highest BCUT2D eigenvalue weighted by Gasteiger charge is 2.17. The van der Waals surface area contributed by atoms with Gasteiger partial charge in [0.15, 0.2) is 5.82 Å². The zero-order chi connectivity index (χ0) is 11.7. The highest BCUT2D eigenvalue weighted by molar-refractivity contribution is 5.57. The largest absolute Gasteiger partial charge is 0.361 e. The predicted octanol–water partition coefficient (Wildman–Crippen LogP) is 0.178. The highest BCUT2D eigenvalue weighted by atomic mass is 16.5. The fourth-order valence-electron chi connectivity index (χ4n) is 1.91. The Morgan fingerprint density at radius 2 is 2.18 bits per heavy atom. The molecule has 7 heteroatoms. The Kier molecular flexibility index (Phi) is 2.52. The van der Waals surface area contributed by atoms with Crippen molar-refractivity contribution in [1.29, 1.82) is 0 Å². The van der Waals surface area contributed by atoms with Crippen molar-refractivity contribution in [2.45, 2.75) is 6.92 Å². The molecule has 3 heterocycles. The van der Waals surface area contributed by atoms with E-state index in [9.17, 15) is 0 Å². The number of aryl methyl sites for hydroxylation is 1. The van der Waals surface area contributed by atoms with Crippen LogP contribution in [0.4, 0.5) is 5.95 Å². The van der Waals surface area contributed by atoms with Gasteiger partial charge in [0.25, 0.3) is 0 Å². The molecule has 0 aromatic carbocycles. The maximum Gasteiger partial charge on any atom is 0.245 e. The predicted molar refractivity (Wildman–Crippen MR) is 61.7 cm³/mol. The lowest BCUT2D eigenvalue weighted by Gasteiger charge is -2.25. The second-order valence-electron chi connectivity index (χ2n) is 4.02. The molecule has 90 valence electrons. The average Bonchev–Trinajstić information content (AvgIpc) is 2.98. The van der Waals surface area contributed by atoms with Crippen LogP contribution in [0.3, 0.4) is 0 Å². The summed E-state index contributed by atoms with van der Waals surface area (Å²) in [7, 11) is 0. The van der Waals surface area contributed by atoms with Gasteiger partial charge in [-0.2, -0.15) is 4.98 Å². The van der Waals surface area contributed by atoms with Gasteiger partial charge in [-0.25, -0.2) is 0 Å². The lowest BCUT2D eigenvalue weighted by molar-refractivity contribution is 0.398. The molecule has 0 saturated carbocycles. The number of nitrogens with zero attached hydrogens (tertiary/aromatic N) is 4. The number of aromatic amines is 1. The number of aromatic nitrogens is 4. The van der Waals surface area contributed by atoms with E-state index >= 15 is 0 Å².